The number of phosphoric acid groups is 1. The fraction of sp³-hybridized carbons (Fsp3) is 0.632. The Hall–Kier alpha value is -1.25. The van der Waals surface area contributed by atoms with Crippen molar-refractivity contribution in [3.63, 3.8) is 0 Å². The molecule has 0 saturated carbocycles. The zero-order valence-electron chi connectivity index (χ0n) is 17.3. The van der Waals surface area contributed by atoms with Gasteiger partial charge in [-0.3, -0.25) is 18.4 Å². The van der Waals surface area contributed by atoms with E-state index in [2.05, 4.69) is 0 Å². The van der Waals surface area contributed by atoms with Gasteiger partial charge in [0.1, 0.15) is 0 Å². The van der Waals surface area contributed by atoms with Crippen LogP contribution in [-0.4, -0.2) is 40.0 Å². The third kappa shape index (κ3) is 10.4. The molecule has 1 rings (SSSR count). The lowest BCUT2D eigenvalue weighted by Crippen LogP contribution is -2.07. The number of sulfone groups is 1. The van der Waals surface area contributed by atoms with E-state index in [1.807, 2.05) is 0 Å². The highest BCUT2D eigenvalue weighted by atomic mass is 32.2. The van der Waals surface area contributed by atoms with Crippen LogP contribution in [0.1, 0.15) is 52.0 Å². The number of benzene rings is 1. The minimum absolute atomic E-state index is 0.0139. The molecule has 8 nitrogen and oxygen atoms in total. The summed E-state index contributed by atoms with van der Waals surface area (Å²) in [6.07, 6.45) is 2.82. The Bertz CT molecular complexity index is 751. The summed E-state index contributed by atoms with van der Waals surface area (Å²) in [5, 5.41) is 0. The maximum Gasteiger partial charge on any atom is 0.475 e. The molecule has 0 radical (unpaired) electrons. The van der Waals surface area contributed by atoms with E-state index in [0.717, 1.165) is 19.3 Å². The molecule has 29 heavy (non-hydrogen) atoms. The molecule has 0 aromatic heterocycles. The van der Waals surface area contributed by atoms with E-state index >= 15 is 0 Å². The van der Waals surface area contributed by atoms with Crippen molar-refractivity contribution < 1.29 is 36.1 Å². The van der Waals surface area contributed by atoms with Gasteiger partial charge in [0.25, 0.3) is 0 Å². The quantitative estimate of drug-likeness (QED) is 0.221. The maximum atomic E-state index is 12.4. The van der Waals surface area contributed by atoms with E-state index in [-0.39, 0.29) is 36.4 Å². The van der Waals surface area contributed by atoms with Crippen molar-refractivity contribution in [2.45, 2.75) is 58.0 Å². The molecule has 1 aromatic rings. The highest BCUT2D eigenvalue weighted by Gasteiger charge is 2.25. The average Bonchev–Trinajstić information content (AvgIpc) is 2.66. The van der Waals surface area contributed by atoms with Gasteiger partial charge >= 0.3 is 13.8 Å². The molecule has 0 spiro atoms. The van der Waals surface area contributed by atoms with Crippen LogP contribution in [0.5, 0.6) is 0 Å². The minimum atomic E-state index is -3.61. The number of carbonyl (C=O) groups is 1. The van der Waals surface area contributed by atoms with Gasteiger partial charge in [0, 0.05) is 6.92 Å². The van der Waals surface area contributed by atoms with E-state index < -0.39 is 17.7 Å². The number of esters is 1. The predicted molar refractivity (Wildman–Crippen MR) is 109 cm³/mol. The molecule has 1 aromatic carbocycles. The molecule has 10 heteroatoms. The Balaban J connectivity index is 2.48. The van der Waals surface area contributed by atoms with Gasteiger partial charge < -0.3 is 4.74 Å². The summed E-state index contributed by atoms with van der Waals surface area (Å²) in [5.74, 6) is -0.250. The minimum Gasteiger partial charge on any atom is -0.466 e. The highest BCUT2D eigenvalue weighted by Crippen LogP contribution is 2.49. The van der Waals surface area contributed by atoms with E-state index in [1.54, 1.807) is 26.0 Å². The van der Waals surface area contributed by atoms with Crippen molar-refractivity contribution in [1.29, 1.82) is 0 Å². The predicted octanol–water partition coefficient (Wildman–Crippen LogP) is 4.28. The molecule has 0 heterocycles. The van der Waals surface area contributed by atoms with Crippen molar-refractivity contribution in [2.75, 3.05) is 25.6 Å². The van der Waals surface area contributed by atoms with E-state index in [4.69, 9.17) is 18.3 Å². The first-order valence-electron chi connectivity index (χ1n) is 9.71. The lowest BCUT2D eigenvalue weighted by Gasteiger charge is -2.16. The first-order valence-corrected chi connectivity index (χ1v) is 12.8. The summed E-state index contributed by atoms with van der Waals surface area (Å²) in [6.45, 7) is 5.48. The van der Waals surface area contributed by atoms with Crippen LogP contribution < -0.4 is 0 Å². The van der Waals surface area contributed by atoms with Crippen LogP contribution in [0.15, 0.2) is 29.2 Å². The summed E-state index contributed by atoms with van der Waals surface area (Å²) >= 11 is 0. The van der Waals surface area contributed by atoms with Crippen molar-refractivity contribution in [1.82, 2.24) is 0 Å². The highest BCUT2D eigenvalue weighted by molar-refractivity contribution is 7.91. The molecule has 0 amide bonds. The van der Waals surface area contributed by atoms with E-state index in [0.29, 0.717) is 18.6 Å². The first-order chi connectivity index (χ1) is 13.7. The van der Waals surface area contributed by atoms with Gasteiger partial charge in [0.15, 0.2) is 9.84 Å². The fourth-order valence-corrected chi connectivity index (χ4v) is 4.99. The van der Waals surface area contributed by atoms with Gasteiger partial charge in [-0.25, -0.2) is 13.0 Å². The van der Waals surface area contributed by atoms with Gasteiger partial charge in [-0.2, -0.15) is 0 Å². The van der Waals surface area contributed by atoms with Crippen LogP contribution in [0, 0.1) is 0 Å². The largest absolute Gasteiger partial charge is 0.475 e. The Kier molecular flexibility index (Phi) is 11.7. The van der Waals surface area contributed by atoms with Crippen LogP contribution >= 0.6 is 7.82 Å². The van der Waals surface area contributed by atoms with Crippen molar-refractivity contribution in [2.24, 2.45) is 0 Å². The topological polar surface area (TPSA) is 105 Å². The number of phosphoric ester groups is 1. The zero-order chi connectivity index (χ0) is 21.8. The third-order valence-corrected chi connectivity index (χ3v) is 7.27. The number of carbonyl (C=O) groups excluding carboxylic acids is 1. The maximum absolute atomic E-state index is 12.4. The second kappa shape index (κ2) is 13.1. The van der Waals surface area contributed by atoms with Crippen molar-refractivity contribution >= 4 is 23.6 Å². The second-order valence-corrected chi connectivity index (χ2v) is 10.1. The summed E-state index contributed by atoms with van der Waals surface area (Å²) in [5.41, 5.74) is 0.661. The molecular weight excluding hydrogens is 419 g/mol. The number of ether oxygens (including phenoxy) is 1. The number of hydrogen-bond donors (Lipinski definition) is 0. The summed E-state index contributed by atoms with van der Waals surface area (Å²) < 4.78 is 57.3. The average molecular weight is 450 g/mol. The number of unbranched alkanes of at least 4 members (excludes halogenated alkanes) is 3. The lowest BCUT2D eigenvalue weighted by atomic mass is 10.2. The summed E-state index contributed by atoms with van der Waals surface area (Å²) in [4.78, 5) is 10.9. The molecule has 0 aliphatic rings. The third-order valence-electron chi connectivity index (χ3n) is 3.86. The van der Waals surface area contributed by atoms with Gasteiger partial charge in [-0.15, -0.1) is 0 Å². The molecule has 0 fully saturated rings. The molecule has 0 unspecified atom stereocenters. The van der Waals surface area contributed by atoms with Crippen LogP contribution in [0.4, 0.5) is 0 Å². The Labute approximate surface area is 173 Å². The normalized spacial score (nSPS) is 12.1. The number of hydrogen-bond acceptors (Lipinski definition) is 8. The fourth-order valence-electron chi connectivity index (χ4n) is 2.46. The van der Waals surface area contributed by atoms with Crippen LogP contribution in [0.2, 0.25) is 0 Å². The molecular formula is C19H31O8PS. The van der Waals surface area contributed by atoms with Crippen LogP contribution in [0.3, 0.4) is 0 Å². The first kappa shape index (κ1) is 25.8. The SMILES string of the molecule is CCOP(=O)(OCC)OCc1ccc(S(=O)(=O)CCCCCCOC(C)=O)cc1. The molecule has 0 bridgehead atoms. The molecule has 166 valence electrons. The Morgan fingerprint density at radius 2 is 1.52 bits per heavy atom. The molecule has 0 atom stereocenters. The van der Waals surface area contributed by atoms with Gasteiger partial charge in [-0.05, 0) is 44.4 Å². The van der Waals surface area contributed by atoms with E-state index in [9.17, 15) is 17.8 Å². The van der Waals surface area contributed by atoms with Crippen LogP contribution in [0.25, 0.3) is 0 Å². The van der Waals surface area contributed by atoms with Crippen molar-refractivity contribution in [3.05, 3.63) is 29.8 Å². The standard InChI is InChI=1S/C19H31O8PS/c1-4-25-28(21,26-5-2)27-16-18-10-12-19(13-11-18)29(22,23)15-9-7-6-8-14-24-17(3)20/h10-13H,4-9,14-16H2,1-3H3. The molecule has 0 saturated heterocycles. The van der Waals surface area contributed by atoms with Gasteiger partial charge in [0.05, 0.1) is 37.1 Å². The van der Waals surface area contributed by atoms with Crippen LogP contribution in [-0.2, 0) is 44.1 Å². The second-order valence-electron chi connectivity index (χ2n) is 6.27. The molecule has 0 N–H and O–H groups in total. The zero-order valence-corrected chi connectivity index (χ0v) is 19.0. The number of rotatable bonds is 15. The smallest absolute Gasteiger partial charge is 0.466 e. The Morgan fingerprint density at radius 1 is 0.931 bits per heavy atom. The van der Waals surface area contributed by atoms with E-state index in [1.165, 1.54) is 19.1 Å². The lowest BCUT2D eigenvalue weighted by molar-refractivity contribution is -0.141. The summed E-state index contributed by atoms with van der Waals surface area (Å²) in [7, 11) is -6.98. The molecule has 0 aliphatic heterocycles. The van der Waals surface area contributed by atoms with Gasteiger partial charge in [0.2, 0.25) is 0 Å². The Morgan fingerprint density at radius 3 is 2.07 bits per heavy atom. The molecule has 0 aliphatic carbocycles. The summed E-state index contributed by atoms with van der Waals surface area (Å²) in [6, 6.07) is 6.27. The monoisotopic (exact) mass is 450 g/mol. The van der Waals surface area contributed by atoms with Gasteiger partial charge in [-0.1, -0.05) is 25.0 Å². The van der Waals surface area contributed by atoms with Crippen molar-refractivity contribution in [3.8, 4) is 0 Å².